The van der Waals surface area contributed by atoms with Crippen LogP contribution in [-0.2, 0) is 0 Å². The van der Waals surface area contributed by atoms with E-state index in [2.05, 4.69) is 25.7 Å². The molecular formula is C15H32N2O. The van der Waals surface area contributed by atoms with Crippen LogP contribution >= 0.6 is 0 Å². The molecule has 3 nitrogen and oxygen atoms in total. The first kappa shape index (κ1) is 15.9. The highest BCUT2D eigenvalue weighted by atomic mass is 16.3. The van der Waals surface area contributed by atoms with Gasteiger partial charge in [-0.3, -0.25) is 4.90 Å². The Morgan fingerprint density at radius 1 is 1.17 bits per heavy atom. The lowest BCUT2D eigenvalue weighted by molar-refractivity contribution is 0.0138. The predicted molar refractivity (Wildman–Crippen MR) is 77.6 cm³/mol. The van der Waals surface area contributed by atoms with E-state index in [0.29, 0.717) is 5.92 Å². The van der Waals surface area contributed by atoms with Crippen LogP contribution < -0.4 is 5.73 Å². The van der Waals surface area contributed by atoms with Gasteiger partial charge >= 0.3 is 0 Å². The van der Waals surface area contributed by atoms with Crippen molar-refractivity contribution in [3.8, 4) is 0 Å². The molecule has 1 aliphatic carbocycles. The molecule has 1 rings (SSSR count). The normalized spacial score (nSPS) is 22.2. The summed E-state index contributed by atoms with van der Waals surface area (Å²) in [5.41, 5.74) is 6.25. The molecule has 0 saturated heterocycles. The van der Waals surface area contributed by atoms with Gasteiger partial charge in [0.2, 0.25) is 0 Å². The van der Waals surface area contributed by atoms with Crippen molar-refractivity contribution in [1.29, 1.82) is 0 Å². The van der Waals surface area contributed by atoms with Crippen molar-refractivity contribution < 1.29 is 5.11 Å². The summed E-state index contributed by atoms with van der Waals surface area (Å²) in [6, 6.07) is 0. The molecule has 0 spiro atoms. The van der Waals surface area contributed by atoms with Gasteiger partial charge in [-0.15, -0.1) is 0 Å². The largest absolute Gasteiger partial charge is 0.392 e. The number of hydrogen-bond acceptors (Lipinski definition) is 3. The SMILES string of the molecule is CCN(CC(O)C(C)C)C1(CN)CCCCCC1. The van der Waals surface area contributed by atoms with Crippen molar-refractivity contribution in [2.75, 3.05) is 19.6 Å². The van der Waals surface area contributed by atoms with Crippen LogP contribution in [0.2, 0.25) is 0 Å². The monoisotopic (exact) mass is 256 g/mol. The minimum Gasteiger partial charge on any atom is -0.392 e. The highest BCUT2D eigenvalue weighted by Gasteiger charge is 2.36. The zero-order valence-corrected chi connectivity index (χ0v) is 12.5. The molecule has 108 valence electrons. The molecule has 0 aromatic heterocycles. The summed E-state index contributed by atoms with van der Waals surface area (Å²) >= 11 is 0. The molecule has 0 aromatic carbocycles. The first-order valence-corrected chi connectivity index (χ1v) is 7.69. The summed E-state index contributed by atoms with van der Waals surface area (Å²) in [5.74, 6) is 0.319. The fourth-order valence-electron chi connectivity index (χ4n) is 3.13. The predicted octanol–water partition coefficient (Wildman–Crippen LogP) is 2.38. The summed E-state index contributed by atoms with van der Waals surface area (Å²) in [4.78, 5) is 2.45. The number of nitrogens with two attached hydrogens (primary N) is 1. The minimum atomic E-state index is -0.239. The summed E-state index contributed by atoms with van der Waals surface area (Å²) in [6.45, 7) is 8.84. The number of β-amino-alcohol motifs (C(OH)–C–C–N with tert-alkyl or cyclic N) is 1. The molecule has 0 aromatic rings. The standard InChI is InChI=1S/C15H32N2O/c1-4-17(11-14(18)13(2)3)15(12-16)9-7-5-6-8-10-15/h13-14,18H,4-12,16H2,1-3H3. The van der Waals surface area contributed by atoms with E-state index in [1.54, 1.807) is 0 Å². The molecule has 0 aliphatic heterocycles. The topological polar surface area (TPSA) is 49.5 Å². The van der Waals surface area contributed by atoms with Crippen LogP contribution in [0.1, 0.15) is 59.3 Å². The quantitative estimate of drug-likeness (QED) is 0.717. The van der Waals surface area contributed by atoms with E-state index in [4.69, 9.17) is 5.73 Å². The zero-order valence-electron chi connectivity index (χ0n) is 12.5. The van der Waals surface area contributed by atoms with Gasteiger partial charge in [0.1, 0.15) is 0 Å². The van der Waals surface area contributed by atoms with Crippen molar-refractivity contribution in [3.05, 3.63) is 0 Å². The van der Waals surface area contributed by atoms with Gasteiger partial charge in [-0.25, -0.2) is 0 Å². The molecule has 1 atom stereocenters. The maximum absolute atomic E-state index is 10.2. The Kier molecular flexibility index (Phi) is 6.61. The first-order chi connectivity index (χ1) is 8.55. The van der Waals surface area contributed by atoms with Gasteiger partial charge in [-0.2, -0.15) is 0 Å². The molecule has 18 heavy (non-hydrogen) atoms. The summed E-state index contributed by atoms with van der Waals surface area (Å²) in [5, 5.41) is 10.2. The third kappa shape index (κ3) is 3.94. The van der Waals surface area contributed by atoms with Gasteiger partial charge in [0, 0.05) is 18.6 Å². The van der Waals surface area contributed by atoms with E-state index in [1.165, 1.54) is 38.5 Å². The molecule has 0 heterocycles. The van der Waals surface area contributed by atoms with Crippen molar-refractivity contribution in [3.63, 3.8) is 0 Å². The van der Waals surface area contributed by atoms with Crippen LogP contribution in [0.3, 0.4) is 0 Å². The maximum Gasteiger partial charge on any atom is 0.0690 e. The molecule has 3 heteroatoms. The molecular weight excluding hydrogens is 224 g/mol. The Morgan fingerprint density at radius 3 is 2.11 bits per heavy atom. The van der Waals surface area contributed by atoms with Crippen molar-refractivity contribution in [2.24, 2.45) is 11.7 Å². The Bertz CT molecular complexity index is 223. The summed E-state index contributed by atoms with van der Waals surface area (Å²) in [6.07, 6.45) is 7.40. The second-order valence-corrected chi connectivity index (χ2v) is 6.19. The number of rotatable bonds is 6. The average molecular weight is 256 g/mol. The number of likely N-dealkylation sites (N-methyl/N-ethyl adjacent to an activating group) is 1. The van der Waals surface area contributed by atoms with Gasteiger partial charge in [0.15, 0.2) is 0 Å². The highest BCUT2D eigenvalue weighted by molar-refractivity contribution is 4.93. The Labute approximate surface area is 113 Å². The average Bonchev–Trinajstić information content (AvgIpc) is 2.61. The second kappa shape index (κ2) is 7.46. The van der Waals surface area contributed by atoms with Crippen LogP contribution in [0, 0.1) is 5.92 Å². The Balaban J connectivity index is 2.74. The van der Waals surface area contributed by atoms with Crippen LogP contribution in [0.15, 0.2) is 0 Å². The number of nitrogens with zero attached hydrogens (tertiary/aromatic N) is 1. The van der Waals surface area contributed by atoms with E-state index < -0.39 is 0 Å². The molecule has 0 radical (unpaired) electrons. The molecule has 1 aliphatic rings. The van der Waals surface area contributed by atoms with Crippen molar-refractivity contribution in [2.45, 2.75) is 70.9 Å². The molecule has 1 unspecified atom stereocenters. The summed E-state index contributed by atoms with van der Waals surface area (Å²) < 4.78 is 0. The Morgan fingerprint density at radius 2 is 1.72 bits per heavy atom. The maximum atomic E-state index is 10.2. The molecule has 0 amide bonds. The third-order valence-corrected chi connectivity index (χ3v) is 4.64. The number of hydrogen-bond donors (Lipinski definition) is 2. The fourth-order valence-corrected chi connectivity index (χ4v) is 3.13. The van der Waals surface area contributed by atoms with Crippen molar-refractivity contribution in [1.82, 2.24) is 4.90 Å². The molecule has 3 N–H and O–H groups in total. The smallest absolute Gasteiger partial charge is 0.0690 e. The van der Waals surface area contributed by atoms with Crippen LogP contribution in [0.5, 0.6) is 0 Å². The van der Waals surface area contributed by atoms with Gasteiger partial charge in [0.25, 0.3) is 0 Å². The van der Waals surface area contributed by atoms with E-state index in [9.17, 15) is 5.11 Å². The first-order valence-electron chi connectivity index (χ1n) is 7.69. The third-order valence-electron chi connectivity index (χ3n) is 4.64. The number of aliphatic hydroxyl groups is 1. The van der Waals surface area contributed by atoms with Gasteiger partial charge in [-0.1, -0.05) is 46.5 Å². The minimum absolute atomic E-state index is 0.140. The lowest BCUT2D eigenvalue weighted by Gasteiger charge is -2.44. The lowest BCUT2D eigenvalue weighted by atomic mass is 9.87. The highest BCUT2D eigenvalue weighted by Crippen LogP contribution is 2.32. The molecule has 0 bridgehead atoms. The summed E-state index contributed by atoms with van der Waals surface area (Å²) in [7, 11) is 0. The molecule has 1 saturated carbocycles. The van der Waals surface area contributed by atoms with E-state index >= 15 is 0 Å². The van der Waals surface area contributed by atoms with E-state index in [-0.39, 0.29) is 11.6 Å². The lowest BCUT2D eigenvalue weighted by Crippen LogP contribution is -2.56. The second-order valence-electron chi connectivity index (χ2n) is 6.19. The molecule has 1 fully saturated rings. The van der Waals surface area contributed by atoms with E-state index in [0.717, 1.165) is 19.6 Å². The van der Waals surface area contributed by atoms with Crippen LogP contribution in [0.4, 0.5) is 0 Å². The zero-order chi connectivity index (χ0) is 13.6. The Hall–Kier alpha value is -0.120. The van der Waals surface area contributed by atoms with Crippen LogP contribution in [0.25, 0.3) is 0 Å². The van der Waals surface area contributed by atoms with E-state index in [1.807, 2.05) is 0 Å². The van der Waals surface area contributed by atoms with Gasteiger partial charge < -0.3 is 10.8 Å². The number of aliphatic hydroxyl groups excluding tert-OH is 1. The van der Waals surface area contributed by atoms with Gasteiger partial charge in [-0.05, 0) is 25.3 Å². The van der Waals surface area contributed by atoms with Gasteiger partial charge in [0.05, 0.1) is 6.10 Å². The fraction of sp³-hybridized carbons (Fsp3) is 1.00. The van der Waals surface area contributed by atoms with Crippen LogP contribution in [-0.4, -0.2) is 41.3 Å². The van der Waals surface area contributed by atoms with Crippen molar-refractivity contribution >= 4 is 0 Å².